The van der Waals surface area contributed by atoms with Gasteiger partial charge >= 0.3 is 6.18 Å². The van der Waals surface area contributed by atoms with Crippen LogP contribution < -0.4 is 20.7 Å². The number of ether oxygens (including phenoxy) is 1. The number of alkyl halides is 3. The number of benzene rings is 1. The van der Waals surface area contributed by atoms with E-state index in [1.165, 1.54) is 12.0 Å². The lowest BCUT2D eigenvalue weighted by molar-refractivity contribution is -0.183. The van der Waals surface area contributed by atoms with Gasteiger partial charge in [-0.15, -0.1) is 24.8 Å². The van der Waals surface area contributed by atoms with Gasteiger partial charge in [0.25, 0.3) is 0 Å². The number of halogens is 5. The Labute approximate surface area is 169 Å². The zero-order valence-electron chi connectivity index (χ0n) is 14.8. The van der Waals surface area contributed by atoms with E-state index >= 15 is 0 Å². The first-order valence-electron chi connectivity index (χ1n) is 8.07. The summed E-state index contributed by atoms with van der Waals surface area (Å²) in [5, 5.41) is 8.25. The minimum absolute atomic E-state index is 0. The van der Waals surface area contributed by atoms with Crippen LogP contribution in [0.3, 0.4) is 0 Å². The Morgan fingerprint density at radius 3 is 2.48 bits per heavy atom. The second-order valence-corrected chi connectivity index (χ2v) is 5.70. The summed E-state index contributed by atoms with van der Waals surface area (Å²) in [6.07, 6.45) is -4.39. The van der Waals surface area contributed by atoms with Crippen LogP contribution in [0.1, 0.15) is 0 Å². The SMILES string of the molecule is COc1ccccc1NCC(=O)NCC(N1CCNCC1)C(F)(F)F.Cl.Cl. The van der Waals surface area contributed by atoms with Gasteiger partial charge in [-0.2, -0.15) is 13.2 Å². The minimum Gasteiger partial charge on any atom is -0.495 e. The molecule has 1 saturated heterocycles. The van der Waals surface area contributed by atoms with Crippen molar-refractivity contribution in [3.63, 3.8) is 0 Å². The quantitative estimate of drug-likeness (QED) is 0.613. The van der Waals surface area contributed by atoms with Crippen LogP contribution in [-0.2, 0) is 4.79 Å². The number of hydrogen-bond donors (Lipinski definition) is 3. The maximum atomic E-state index is 13.3. The van der Waals surface area contributed by atoms with E-state index < -0.39 is 24.7 Å². The summed E-state index contributed by atoms with van der Waals surface area (Å²) in [7, 11) is 1.50. The molecule has 0 aromatic heterocycles. The number of anilines is 1. The molecule has 1 unspecified atom stereocenters. The van der Waals surface area contributed by atoms with E-state index in [-0.39, 0.29) is 31.4 Å². The molecule has 0 radical (unpaired) electrons. The smallest absolute Gasteiger partial charge is 0.405 e. The van der Waals surface area contributed by atoms with Gasteiger partial charge in [0.1, 0.15) is 11.8 Å². The lowest BCUT2D eigenvalue weighted by Crippen LogP contribution is -2.57. The number of para-hydroxylation sites is 2. The molecule has 156 valence electrons. The third-order valence-electron chi connectivity index (χ3n) is 4.01. The summed E-state index contributed by atoms with van der Waals surface area (Å²) in [5.41, 5.74) is 0.606. The minimum atomic E-state index is -4.39. The van der Waals surface area contributed by atoms with Crippen molar-refractivity contribution in [3.8, 4) is 5.75 Å². The fraction of sp³-hybridized carbons (Fsp3) is 0.562. The van der Waals surface area contributed by atoms with Crippen LogP contribution in [0, 0.1) is 0 Å². The fourth-order valence-electron chi connectivity index (χ4n) is 2.68. The number of piperazine rings is 1. The van der Waals surface area contributed by atoms with Gasteiger partial charge in [0.2, 0.25) is 5.91 Å². The first kappa shape index (κ1) is 25.6. The van der Waals surface area contributed by atoms with E-state index in [1.54, 1.807) is 24.3 Å². The first-order chi connectivity index (χ1) is 11.9. The molecule has 1 aromatic carbocycles. The number of rotatable bonds is 7. The fourth-order valence-corrected chi connectivity index (χ4v) is 2.68. The summed E-state index contributed by atoms with van der Waals surface area (Å²) in [5.74, 6) is 0.0552. The maximum Gasteiger partial charge on any atom is 0.405 e. The van der Waals surface area contributed by atoms with Crippen molar-refractivity contribution in [1.82, 2.24) is 15.5 Å². The van der Waals surface area contributed by atoms with Gasteiger partial charge < -0.3 is 20.7 Å². The number of carbonyl (C=O) groups excluding carboxylic acids is 1. The number of amides is 1. The lowest BCUT2D eigenvalue weighted by Gasteiger charge is -2.35. The van der Waals surface area contributed by atoms with Crippen molar-refractivity contribution in [3.05, 3.63) is 24.3 Å². The molecule has 1 heterocycles. The van der Waals surface area contributed by atoms with E-state index in [1.807, 2.05) is 0 Å². The van der Waals surface area contributed by atoms with Gasteiger partial charge in [-0.05, 0) is 12.1 Å². The van der Waals surface area contributed by atoms with Gasteiger partial charge in [-0.3, -0.25) is 9.69 Å². The van der Waals surface area contributed by atoms with Gasteiger partial charge in [0.05, 0.1) is 19.3 Å². The van der Waals surface area contributed by atoms with E-state index in [9.17, 15) is 18.0 Å². The molecule has 0 aliphatic carbocycles. The van der Waals surface area contributed by atoms with Crippen LogP contribution in [0.2, 0.25) is 0 Å². The molecule has 1 aromatic rings. The van der Waals surface area contributed by atoms with Crippen LogP contribution in [0.4, 0.5) is 18.9 Å². The number of nitrogens with zero attached hydrogens (tertiary/aromatic N) is 1. The van der Waals surface area contributed by atoms with Crippen LogP contribution >= 0.6 is 24.8 Å². The van der Waals surface area contributed by atoms with Crippen molar-refractivity contribution in [2.24, 2.45) is 0 Å². The molecule has 0 saturated carbocycles. The van der Waals surface area contributed by atoms with Crippen LogP contribution in [0.15, 0.2) is 24.3 Å². The lowest BCUT2D eigenvalue weighted by atomic mass is 10.2. The van der Waals surface area contributed by atoms with Gasteiger partial charge in [0, 0.05) is 32.7 Å². The molecule has 27 heavy (non-hydrogen) atoms. The third kappa shape index (κ3) is 8.00. The Morgan fingerprint density at radius 1 is 1.26 bits per heavy atom. The highest BCUT2D eigenvalue weighted by atomic mass is 35.5. The van der Waals surface area contributed by atoms with E-state index in [0.29, 0.717) is 37.6 Å². The summed E-state index contributed by atoms with van der Waals surface area (Å²) in [6, 6.07) is 5.33. The molecule has 1 aliphatic heterocycles. The van der Waals surface area contributed by atoms with Crippen molar-refractivity contribution in [2.75, 3.05) is 51.7 Å². The highest BCUT2D eigenvalue weighted by molar-refractivity contribution is 5.85. The molecular formula is C16H25Cl2F3N4O2. The highest BCUT2D eigenvalue weighted by Gasteiger charge is 2.43. The predicted molar refractivity (Wildman–Crippen MR) is 103 cm³/mol. The molecule has 2 rings (SSSR count). The molecule has 1 amide bonds. The summed E-state index contributed by atoms with van der Waals surface area (Å²) < 4.78 is 44.9. The Morgan fingerprint density at radius 2 is 1.89 bits per heavy atom. The average Bonchev–Trinajstić information content (AvgIpc) is 2.60. The van der Waals surface area contributed by atoms with Gasteiger partial charge in [0.15, 0.2) is 0 Å². The second-order valence-electron chi connectivity index (χ2n) is 5.70. The van der Waals surface area contributed by atoms with Crippen LogP contribution in [0.25, 0.3) is 0 Å². The van der Waals surface area contributed by atoms with Crippen molar-refractivity contribution < 1.29 is 22.7 Å². The third-order valence-corrected chi connectivity index (χ3v) is 4.01. The molecule has 6 nitrogen and oxygen atoms in total. The second kappa shape index (κ2) is 12.1. The van der Waals surface area contributed by atoms with Crippen LogP contribution in [0.5, 0.6) is 5.75 Å². The zero-order chi connectivity index (χ0) is 18.3. The Kier molecular flexibility index (Phi) is 11.5. The van der Waals surface area contributed by atoms with Crippen molar-refractivity contribution >= 4 is 36.4 Å². The Hall–Kier alpha value is -1.42. The number of methoxy groups -OCH3 is 1. The maximum absolute atomic E-state index is 13.3. The van der Waals surface area contributed by atoms with Gasteiger partial charge in [-0.25, -0.2) is 0 Å². The van der Waals surface area contributed by atoms with E-state index in [4.69, 9.17) is 4.74 Å². The monoisotopic (exact) mass is 432 g/mol. The molecule has 3 N–H and O–H groups in total. The number of carbonyl (C=O) groups is 1. The molecule has 11 heteroatoms. The predicted octanol–water partition coefficient (Wildman–Crippen LogP) is 1.90. The normalized spacial score (nSPS) is 15.7. The van der Waals surface area contributed by atoms with Crippen molar-refractivity contribution in [1.29, 1.82) is 0 Å². The molecule has 1 aliphatic rings. The van der Waals surface area contributed by atoms with Crippen molar-refractivity contribution in [2.45, 2.75) is 12.2 Å². The summed E-state index contributed by atoms with van der Waals surface area (Å²) >= 11 is 0. The topological polar surface area (TPSA) is 65.6 Å². The zero-order valence-corrected chi connectivity index (χ0v) is 16.5. The standard InChI is InChI=1S/C16H23F3N4O2.2ClH/c1-25-13-5-3-2-4-12(13)21-11-15(24)22-10-14(16(17,18)19)23-8-6-20-7-9-23;;/h2-5,14,20-21H,6-11H2,1H3,(H,22,24);2*1H. The molecule has 0 bridgehead atoms. The van der Waals surface area contributed by atoms with E-state index in [0.717, 1.165) is 0 Å². The first-order valence-corrected chi connectivity index (χ1v) is 8.07. The number of nitrogens with one attached hydrogen (secondary N) is 3. The summed E-state index contributed by atoms with van der Waals surface area (Å²) in [4.78, 5) is 13.3. The Balaban J connectivity index is 0.00000338. The molecule has 1 fully saturated rings. The van der Waals surface area contributed by atoms with E-state index in [2.05, 4.69) is 16.0 Å². The average molecular weight is 433 g/mol. The number of hydrogen-bond acceptors (Lipinski definition) is 5. The largest absolute Gasteiger partial charge is 0.495 e. The Bertz CT molecular complexity index is 573. The molecular weight excluding hydrogens is 408 g/mol. The molecule has 1 atom stereocenters. The molecule has 0 spiro atoms. The van der Waals surface area contributed by atoms with Gasteiger partial charge in [-0.1, -0.05) is 12.1 Å². The van der Waals surface area contributed by atoms with Crippen LogP contribution in [-0.4, -0.2) is 69.4 Å². The highest BCUT2D eigenvalue weighted by Crippen LogP contribution is 2.25. The summed E-state index contributed by atoms with van der Waals surface area (Å²) in [6.45, 7) is 1.03.